The molecule has 1 amide bonds. The number of amides is 1. The minimum atomic E-state index is 0.0481. The van der Waals surface area contributed by atoms with Gasteiger partial charge in [-0.15, -0.1) is 11.3 Å². The number of hydrogen-bond donors (Lipinski definition) is 2. The molecule has 1 saturated carbocycles. The van der Waals surface area contributed by atoms with E-state index in [4.69, 9.17) is 0 Å². The lowest BCUT2D eigenvalue weighted by molar-refractivity contribution is -0.119. The van der Waals surface area contributed by atoms with Gasteiger partial charge in [-0.3, -0.25) is 4.79 Å². The van der Waals surface area contributed by atoms with Crippen molar-refractivity contribution in [3.05, 3.63) is 11.4 Å². The second-order valence-corrected chi connectivity index (χ2v) is 6.13. The molecule has 0 saturated heterocycles. The average Bonchev–Trinajstić information content (AvgIpc) is 3.12. The van der Waals surface area contributed by atoms with Crippen molar-refractivity contribution >= 4 is 39.2 Å². The van der Waals surface area contributed by atoms with Gasteiger partial charge in [0.15, 0.2) is 0 Å². The Morgan fingerprint density at radius 2 is 2.29 bits per heavy atom. The molecule has 0 bridgehead atoms. The molecule has 2 aromatic heterocycles. The molecule has 2 aromatic rings. The summed E-state index contributed by atoms with van der Waals surface area (Å²) in [5.74, 6) is 1.45. The third-order valence-corrected chi connectivity index (χ3v) is 4.13. The number of rotatable bonds is 6. The molecule has 2 heterocycles. The van der Waals surface area contributed by atoms with Crippen LogP contribution in [0, 0.1) is 0 Å². The highest BCUT2D eigenvalue weighted by Crippen LogP contribution is 2.28. The summed E-state index contributed by atoms with van der Waals surface area (Å²) in [5.41, 5.74) is 0. The van der Waals surface area contributed by atoms with Gasteiger partial charge in [-0.25, -0.2) is 4.98 Å². The van der Waals surface area contributed by atoms with Crippen LogP contribution in [0.5, 0.6) is 0 Å². The van der Waals surface area contributed by atoms with Crippen LogP contribution in [0.4, 0.5) is 11.8 Å². The SMILES string of the molecule is CCNc1nc(N(C)CC(=O)NC2CC2)c2ccsc2n1. The Labute approximate surface area is 127 Å². The van der Waals surface area contributed by atoms with Crippen LogP contribution in [-0.4, -0.2) is 42.1 Å². The van der Waals surface area contributed by atoms with Gasteiger partial charge in [-0.2, -0.15) is 4.98 Å². The molecule has 7 heteroatoms. The number of carbonyl (C=O) groups excluding carboxylic acids is 1. The molecule has 0 radical (unpaired) electrons. The summed E-state index contributed by atoms with van der Waals surface area (Å²) in [6, 6.07) is 2.38. The molecule has 2 N–H and O–H groups in total. The quantitative estimate of drug-likeness (QED) is 0.852. The maximum absolute atomic E-state index is 12.0. The average molecular weight is 305 g/mol. The van der Waals surface area contributed by atoms with E-state index in [1.807, 2.05) is 30.3 Å². The highest BCUT2D eigenvalue weighted by molar-refractivity contribution is 7.16. The molecule has 21 heavy (non-hydrogen) atoms. The Morgan fingerprint density at radius 3 is 3.00 bits per heavy atom. The number of nitrogens with one attached hydrogen (secondary N) is 2. The first kappa shape index (κ1) is 14.1. The lowest BCUT2D eigenvalue weighted by atomic mass is 10.3. The maximum atomic E-state index is 12.0. The summed E-state index contributed by atoms with van der Waals surface area (Å²) in [4.78, 5) is 23.8. The van der Waals surface area contributed by atoms with Crippen LogP contribution in [0.25, 0.3) is 10.2 Å². The fourth-order valence-electron chi connectivity index (χ4n) is 2.16. The molecule has 0 unspecified atom stereocenters. The van der Waals surface area contributed by atoms with Crippen molar-refractivity contribution in [2.75, 3.05) is 30.4 Å². The van der Waals surface area contributed by atoms with E-state index in [1.54, 1.807) is 11.3 Å². The van der Waals surface area contributed by atoms with E-state index in [1.165, 1.54) is 0 Å². The van der Waals surface area contributed by atoms with E-state index in [-0.39, 0.29) is 5.91 Å². The monoisotopic (exact) mass is 305 g/mol. The number of fused-ring (bicyclic) bond motifs is 1. The molecule has 3 rings (SSSR count). The first-order chi connectivity index (χ1) is 10.2. The molecular formula is C14H19N5OS. The standard InChI is InChI=1S/C14H19N5OS/c1-3-15-14-17-12(10-6-7-21-13(10)18-14)19(2)8-11(20)16-9-4-5-9/h6-7,9H,3-5,8H2,1-2H3,(H,16,20)(H,15,17,18). The molecule has 112 valence electrons. The fraction of sp³-hybridized carbons (Fsp3) is 0.500. The van der Waals surface area contributed by atoms with Crippen LogP contribution >= 0.6 is 11.3 Å². The number of aromatic nitrogens is 2. The van der Waals surface area contributed by atoms with Crippen LogP contribution in [-0.2, 0) is 4.79 Å². The van der Waals surface area contributed by atoms with Gasteiger partial charge in [0, 0.05) is 19.6 Å². The lowest BCUT2D eigenvalue weighted by Crippen LogP contribution is -2.36. The second kappa shape index (κ2) is 5.85. The molecule has 0 atom stereocenters. The van der Waals surface area contributed by atoms with Crippen LogP contribution in [0.3, 0.4) is 0 Å². The fourth-order valence-corrected chi connectivity index (χ4v) is 2.92. The Hall–Kier alpha value is -1.89. The third kappa shape index (κ3) is 3.24. The Kier molecular flexibility index (Phi) is 3.92. The highest BCUT2D eigenvalue weighted by atomic mass is 32.1. The lowest BCUT2D eigenvalue weighted by Gasteiger charge is -2.19. The summed E-state index contributed by atoms with van der Waals surface area (Å²) in [6.07, 6.45) is 2.20. The number of likely N-dealkylation sites (N-methyl/N-ethyl adjacent to an activating group) is 1. The minimum Gasteiger partial charge on any atom is -0.354 e. The van der Waals surface area contributed by atoms with Gasteiger partial charge >= 0.3 is 0 Å². The van der Waals surface area contributed by atoms with E-state index in [0.29, 0.717) is 18.5 Å². The van der Waals surface area contributed by atoms with E-state index in [2.05, 4.69) is 20.6 Å². The highest BCUT2D eigenvalue weighted by Gasteiger charge is 2.24. The zero-order chi connectivity index (χ0) is 14.8. The van der Waals surface area contributed by atoms with Crippen molar-refractivity contribution in [2.45, 2.75) is 25.8 Å². The van der Waals surface area contributed by atoms with Gasteiger partial charge in [0.25, 0.3) is 0 Å². The van der Waals surface area contributed by atoms with E-state index in [9.17, 15) is 4.79 Å². The molecule has 0 aliphatic heterocycles. The molecule has 6 nitrogen and oxygen atoms in total. The van der Waals surface area contributed by atoms with Crippen molar-refractivity contribution in [2.24, 2.45) is 0 Å². The predicted octanol–water partition coefficient (Wildman–Crippen LogP) is 1.84. The Balaban J connectivity index is 1.82. The molecule has 0 spiro atoms. The first-order valence-electron chi connectivity index (χ1n) is 7.17. The maximum Gasteiger partial charge on any atom is 0.239 e. The van der Waals surface area contributed by atoms with Crippen LogP contribution in [0.2, 0.25) is 0 Å². The molecule has 1 aliphatic carbocycles. The van der Waals surface area contributed by atoms with Crippen LogP contribution in [0.1, 0.15) is 19.8 Å². The Bertz CT molecular complexity index is 652. The summed E-state index contributed by atoms with van der Waals surface area (Å²) in [7, 11) is 1.89. The van der Waals surface area contributed by atoms with Gasteiger partial charge in [-0.1, -0.05) is 0 Å². The zero-order valence-corrected chi connectivity index (χ0v) is 13.0. The second-order valence-electron chi connectivity index (χ2n) is 5.24. The van der Waals surface area contributed by atoms with E-state index >= 15 is 0 Å². The minimum absolute atomic E-state index is 0.0481. The van der Waals surface area contributed by atoms with E-state index < -0.39 is 0 Å². The number of anilines is 2. The van der Waals surface area contributed by atoms with Crippen LogP contribution in [0.15, 0.2) is 11.4 Å². The summed E-state index contributed by atoms with van der Waals surface area (Å²) in [5, 5.41) is 9.12. The number of carbonyl (C=O) groups is 1. The van der Waals surface area contributed by atoms with Gasteiger partial charge < -0.3 is 15.5 Å². The Morgan fingerprint density at radius 1 is 1.48 bits per heavy atom. The summed E-state index contributed by atoms with van der Waals surface area (Å²) < 4.78 is 0. The number of hydrogen-bond acceptors (Lipinski definition) is 6. The summed E-state index contributed by atoms with van der Waals surface area (Å²) in [6.45, 7) is 3.08. The summed E-state index contributed by atoms with van der Waals surface area (Å²) >= 11 is 1.58. The molecular weight excluding hydrogens is 286 g/mol. The van der Waals surface area contributed by atoms with Gasteiger partial charge in [0.1, 0.15) is 10.6 Å². The van der Waals surface area contributed by atoms with Crippen molar-refractivity contribution in [1.82, 2.24) is 15.3 Å². The third-order valence-electron chi connectivity index (χ3n) is 3.32. The largest absolute Gasteiger partial charge is 0.354 e. The van der Waals surface area contributed by atoms with Crippen molar-refractivity contribution in [1.29, 1.82) is 0 Å². The molecule has 1 aliphatic rings. The van der Waals surface area contributed by atoms with E-state index in [0.717, 1.165) is 35.4 Å². The van der Waals surface area contributed by atoms with Gasteiger partial charge in [0.05, 0.1) is 11.9 Å². The molecule has 0 aromatic carbocycles. The van der Waals surface area contributed by atoms with Gasteiger partial charge in [0.2, 0.25) is 11.9 Å². The van der Waals surface area contributed by atoms with Crippen molar-refractivity contribution < 1.29 is 4.79 Å². The normalized spacial score (nSPS) is 14.2. The molecule has 1 fully saturated rings. The number of thiophene rings is 1. The first-order valence-corrected chi connectivity index (χ1v) is 8.05. The van der Waals surface area contributed by atoms with Crippen molar-refractivity contribution in [3.8, 4) is 0 Å². The topological polar surface area (TPSA) is 70.2 Å². The van der Waals surface area contributed by atoms with Crippen molar-refractivity contribution in [3.63, 3.8) is 0 Å². The van der Waals surface area contributed by atoms with Gasteiger partial charge in [-0.05, 0) is 31.2 Å². The zero-order valence-electron chi connectivity index (χ0n) is 12.2. The van der Waals surface area contributed by atoms with Crippen LogP contribution < -0.4 is 15.5 Å². The number of nitrogens with zero attached hydrogens (tertiary/aromatic N) is 3. The smallest absolute Gasteiger partial charge is 0.239 e. The predicted molar refractivity (Wildman–Crippen MR) is 86.0 cm³/mol.